The van der Waals surface area contributed by atoms with Crippen LogP contribution >= 0.6 is 11.6 Å². The summed E-state index contributed by atoms with van der Waals surface area (Å²) in [6.45, 7) is 1.42. The van der Waals surface area contributed by atoms with Crippen LogP contribution in [-0.4, -0.2) is 22.8 Å². The van der Waals surface area contributed by atoms with E-state index in [9.17, 15) is 14.7 Å². The lowest BCUT2D eigenvalue weighted by Gasteiger charge is -2.35. The van der Waals surface area contributed by atoms with Crippen LogP contribution in [0.25, 0.3) is 0 Å². The molecule has 0 radical (unpaired) electrons. The zero-order valence-electron chi connectivity index (χ0n) is 13.1. The quantitative estimate of drug-likeness (QED) is 0.908. The molecule has 5 heteroatoms. The van der Waals surface area contributed by atoms with Gasteiger partial charge in [-0.1, -0.05) is 30.9 Å². The first-order valence-electron chi connectivity index (χ1n) is 8.04. The Balaban J connectivity index is 2.04. The molecular formula is C18H20ClNO3. The Bertz CT molecular complexity index is 659. The van der Waals surface area contributed by atoms with Gasteiger partial charge in [-0.15, -0.1) is 0 Å². The first kappa shape index (κ1) is 16.1. The first-order chi connectivity index (χ1) is 11.0. The van der Waals surface area contributed by atoms with Crippen LogP contribution in [-0.2, 0) is 9.59 Å². The van der Waals surface area contributed by atoms with E-state index in [-0.39, 0.29) is 23.3 Å². The number of aliphatic hydroxyl groups excluding tert-OH is 1. The number of anilines is 1. The molecule has 1 aromatic rings. The van der Waals surface area contributed by atoms with Crippen molar-refractivity contribution in [2.75, 3.05) is 4.90 Å². The van der Waals surface area contributed by atoms with Crippen LogP contribution in [0, 0.1) is 5.92 Å². The molecule has 23 heavy (non-hydrogen) atoms. The van der Waals surface area contributed by atoms with Crippen LogP contribution in [0.3, 0.4) is 0 Å². The van der Waals surface area contributed by atoms with Crippen LogP contribution in [0.15, 0.2) is 35.6 Å². The molecular weight excluding hydrogens is 314 g/mol. The minimum absolute atomic E-state index is 0.201. The number of Topliss-reactive ketones (excluding diaryl/α,β-unsaturated/α-hetero) is 1. The van der Waals surface area contributed by atoms with Crippen molar-refractivity contribution in [2.24, 2.45) is 5.92 Å². The second-order valence-electron chi connectivity index (χ2n) is 6.31. The number of aliphatic hydroxyl groups is 1. The molecule has 0 unspecified atom stereocenters. The van der Waals surface area contributed by atoms with Crippen LogP contribution in [0.5, 0.6) is 0 Å². The highest BCUT2D eigenvalue weighted by molar-refractivity contribution is 6.30. The third kappa shape index (κ3) is 2.88. The molecule has 1 aliphatic carbocycles. The van der Waals surface area contributed by atoms with Gasteiger partial charge in [-0.2, -0.15) is 0 Å². The molecule has 1 heterocycles. The Morgan fingerprint density at radius 2 is 1.78 bits per heavy atom. The van der Waals surface area contributed by atoms with E-state index in [1.807, 2.05) is 0 Å². The summed E-state index contributed by atoms with van der Waals surface area (Å²) in [6, 6.07) is 6.57. The number of carbonyl (C=O) groups is 2. The fraction of sp³-hybridized carbons (Fsp3) is 0.444. The largest absolute Gasteiger partial charge is 0.503 e. The lowest BCUT2D eigenvalue weighted by molar-refractivity contribution is -0.117. The van der Waals surface area contributed by atoms with Crippen molar-refractivity contribution in [2.45, 2.75) is 45.1 Å². The molecule has 1 amide bonds. The van der Waals surface area contributed by atoms with Gasteiger partial charge in [0.15, 0.2) is 11.5 Å². The van der Waals surface area contributed by atoms with Gasteiger partial charge < -0.3 is 5.11 Å². The fourth-order valence-corrected chi connectivity index (χ4v) is 3.90. The van der Waals surface area contributed by atoms with Crippen LogP contribution < -0.4 is 4.90 Å². The van der Waals surface area contributed by atoms with Gasteiger partial charge >= 0.3 is 0 Å². The van der Waals surface area contributed by atoms with Crippen molar-refractivity contribution in [3.05, 3.63) is 40.6 Å². The van der Waals surface area contributed by atoms with Gasteiger partial charge in [-0.3, -0.25) is 14.5 Å². The number of benzene rings is 1. The number of hydrogen-bond donors (Lipinski definition) is 1. The zero-order chi connectivity index (χ0) is 16.6. The van der Waals surface area contributed by atoms with E-state index in [0.29, 0.717) is 10.7 Å². The molecule has 1 saturated carbocycles. The van der Waals surface area contributed by atoms with Gasteiger partial charge in [0.05, 0.1) is 11.6 Å². The summed E-state index contributed by atoms with van der Waals surface area (Å²) in [5.41, 5.74) is 0.926. The van der Waals surface area contributed by atoms with Crippen LogP contribution in [0.4, 0.5) is 5.69 Å². The molecule has 3 rings (SSSR count). The summed E-state index contributed by atoms with van der Waals surface area (Å²) >= 11 is 5.93. The lowest BCUT2D eigenvalue weighted by atomic mass is 9.80. The molecule has 0 saturated heterocycles. The number of halogens is 1. The van der Waals surface area contributed by atoms with Crippen molar-refractivity contribution in [1.29, 1.82) is 0 Å². The van der Waals surface area contributed by atoms with Crippen molar-refractivity contribution < 1.29 is 14.7 Å². The molecule has 122 valence electrons. The molecule has 1 atom stereocenters. The number of nitrogens with zero attached hydrogens (tertiary/aromatic N) is 1. The molecule has 1 aliphatic heterocycles. The fourth-order valence-electron chi connectivity index (χ4n) is 3.78. The summed E-state index contributed by atoms with van der Waals surface area (Å²) in [6.07, 6.45) is 5.30. The molecule has 4 nitrogen and oxygen atoms in total. The molecule has 0 spiro atoms. The van der Waals surface area contributed by atoms with Crippen molar-refractivity contribution in [1.82, 2.24) is 0 Å². The zero-order valence-corrected chi connectivity index (χ0v) is 13.8. The Morgan fingerprint density at radius 3 is 2.35 bits per heavy atom. The SMILES string of the molecule is CC(=O)C1=C(O)C(=O)N(c2ccc(Cl)cc2)[C@@H]1C1CCCCC1. The van der Waals surface area contributed by atoms with Gasteiger partial charge in [0.1, 0.15) is 0 Å². The average molecular weight is 334 g/mol. The lowest BCUT2D eigenvalue weighted by Crippen LogP contribution is -2.42. The minimum atomic E-state index is -0.493. The molecule has 1 aromatic carbocycles. The maximum absolute atomic E-state index is 12.6. The van der Waals surface area contributed by atoms with E-state index in [1.165, 1.54) is 13.3 Å². The summed E-state index contributed by atoms with van der Waals surface area (Å²) in [4.78, 5) is 26.2. The van der Waals surface area contributed by atoms with Crippen molar-refractivity contribution in [3.63, 3.8) is 0 Å². The van der Waals surface area contributed by atoms with Gasteiger partial charge in [-0.25, -0.2) is 0 Å². The van der Waals surface area contributed by atoms with E-state index in [4.69, 9.17) is 11.6 Å². The monoisotopic (exact) mass is 333 g/mol. The van der Waals surface area contributed by atoms with Gasteiger partial charge in [0, 0.05) is 10.7 Å². The van der Waals surface area contributed by atoms with E-state index < -0.39 is 11.7 Å². The summed E-state index contributed by atoms with van der Waals surface area (Å²) in [7, 11) is 0. The van der Waals surface area contributed by atoms with Crippen molar-refractivity contribution in [3.8, 4) is 0 Å². The van der Waals surface area contributed by atoms with Gasteiger partial charge in [-0.05, 0) is 49.9 Å². The maximum Gasteiger partial charge on any atom is 0.294 e. The normalized spacial score (nSPS) is 22.8. The Hall–Kier alpha value is -1.81. The third-order valence-corrected chi connectivity index (χ3v) is 5.08. The van der Waals surface area contributed by atoms with Crippen molar-refractivity contribution >= 4 is 29.0 Å². The van der Waals surface area contributed by atoms with Gasteiger partial charge in [0.25, 0.3) is 5.91 Å². The summed E-state index contributed by atoms with van der Waals surface area (Å²) < 4.78 is 0. The summed E-state index contributed by atoms with van der Waals surface area (Å²) in [5, 5.41) is 10.8. The number of rotatable bonds is 3. The number of ketones is 1. The second kappa shape index (κ2) is 6.36. The van der Waals surface area contributed by atoms with E-state index in [0.717, 1.165) is 25.7 Å². The molecule has 1 N–H and O–H groups in total. The van der Waals surface area contributed by atoms with Crippen LogP contribution in [0.1, 0.15) is 39.0 Å². The molecule has 0 bridgehead atoms. The predicted octanol–water partition coefficient (Wildman–Crippen LogP) is 4.04. The topological polar surface area (TPSA) is 57.6 Å². The maximum atomic E-state index is 12.6. The highest BCUT2D eigenvalue weighted by Gasteiger charge is 2.46. The second-order valence-corrected chi connectivity index (χ2v) is 6.75. The first-order valence-corrected chi connectivity index (χ1v) is 8.41. The molecule has 0 aromatic heterocycles. The Kier molecular flexibility index (Phi) is 4.44. The standard InChI is InChI=1S/C18H20ClNO3/c1-11(21)15-16(12-5-3-2-4-6-12)20(18(23)17(15)22)14-9-7-13(19)8-10-14/h7-10,12,16,22H,2-6H2,1H3/t16-/m1/s1. The summed E-state index contributed by atoms with van der Waals surface area (Å²) in [5.74, 6) is -0.925. The number of amides is 1. The number of hydrogen-bond acceptors (Lipinski definition) is 3. The Labute approximate surface area is 140 Å². The average Bonchev–Trinajstić information content (AvgIpc) is 2.81. The third-order valence-electron chi connectivity index (χ3n) is 4.83. The van der Waals surface area contributed by atoms with E-state index in [1.54, 1.807) is 29.2 Å². The highest BCUT2D eigenvalue weighted by Crippen LogP contribution is 2.40. The highest BCUT2D eigenvalue weighted by atomic mass is 35.5. The van der Waals surface area contributed by atoms with E-state index in [2.05, 4.69) is 0 Å². The Morgan fingerprint density at radius 1 is 1.17 bits per heavy atom. The number of carbonyl (C=O) groups excluding carboxylic acids is 2. The van der Waals surface area contributed by atoms with Crippen LogP contribution in [0.2, 0.25) is 5.02 Å². The van der Waals surface area contributed by atoms with Gasteiger partial charge in [0.2, 0.25) is 0 Å². The molecule has 1 fully saturated rings. The molecule has 2 aliphatic rings. The smallest absolute Gasteiger partial charge is 0.294 e. The minimum Gasteiger partial charge on any atom is -0.503 e. The predicted molar refractivity (Wildman–Crippen MR) is 89.6 cm³/mol. The van der Waals surface area contributed by atoms with E-state index >= 15 is 0 Å².